The molecule has 10 heteroatoms. The maximum atomic E-state index is 13.0. The van der Waals surface area contributed by atoms with Crippen molar-refractivity contribution in [2.24, 2.45) is 10.1 Å². The molecule has 166 valence electrons. The molecular weight excluding hydrogens is 468 g/mol. The van der Waals surface area contributed by atoms with Crippen LogP contribution >= 0.6 is 23.1 Å². The molecule has 2 aliphatic heterocycles. The Morgan fingerprint density at radius 1 is 1.06 bits per heavy atom. The van der Waals surface area contributed by atoms with Gasteiger partial charge >= 0.3 is 0 Å². The van der Waals surface area contributed by atoms with E-state index in [9.17, 15) is 4.79 Å². The largest absolute Gasteiger partial charge is 0.497 e. The Kier molecular flexibility index (Phi) is 4.89. The highest BCUT2D eigenvalue weighted by molar-refractivity contribution is 8.27. The monoisotopic (exact) mass is 484 g/mol. The van der Waals surface area contributed by atoms with Gasteiger partial charge in [-0.05, 0) is 42.1 Å². The van der Waals surface area contributed by atoms with Crippen LogP contribution in [0.5, 0.6) is 5.75 Å². The normalized spacial score (nSPS) is 16.7. The van der Waals surface area contributed by atoms with Crippen molar-refractivity contribution in [2.75, 3.05) is 7.11 Å². The molecule has 0 saturated heterocycles. The summed E-state index contributed by atoms with van der Waals surface area (Å²) in [6.07, 6.45) is 3.58. The molecule has 1 amide bonds. The fourth-order valence-electron chi connectivity index (χ4n) is 3.73. The number of amidine groups is 2. The number of aromatic nitrogens is 2. The fourth-order valence-corrected chi connectivity index (χ4v) is 5.35. The molecular formula is C24H16N6O2S2. The summed E-state index contributed by atoms with van der Waals surface area (Å²) in [5, 5.41) is 17.7. The van der Waals surface area contributed by atoms with Crippen molar-refractivity contribution in [2.45, 2.75) is 0 Å². The number of fused-ring (bicyclic) bond motifs is 2. The predicted molar refractivity (Wildman–Crippen MR) is 136 cm³/mol. The number of hydrogen-bond acceptors (Lipinski definition) is 7. The van der Waals surface area contributed by atoms with Crippen molar-refractivity contribution < 1.29 is 9.53 Å². The molecule has 0 spiro atoms. The van der Waals surface area contributed by atoms with Gasteiger partial charge in [0.15, 0.2) is 10.8 Å². The summed E-state index contributed by atoms with van der Waals surface area (Å²) in [6.45, 7) is 0. The van der Waals surface area contributed by atoms with Gasteiger partial charge in [-0.25, -0.2) is 4.98 Å². The first kappa shape index (κ1) is 20.6. The van der Waals surface area contributed by atoms with Crippen LogP contribution in [0, 0.1) is 5.41 Å². The van der Waals surface area contributed by atoms with Gasteiger partial charge in [0, 0.05) is 22.7 Å². The molecule has 2 aromatic carbocycles. The van der Waals surface area contributed by atoms with Crippen molar-refractivity contribution >= 4 is 56.1 Å². The summed E-state index contributed by atoms with van der Waals surface area (Å²) in [5.41, 5.74) is 3.36. The Morgan fingerprint density at radius 3 is 2.62 bits per heavy atom. The SMILES string of the molecule is COc1ccc(-c2nc3sccn3c2C=C2C(=N)N3N=C(c4ccccc4)SC3=NC2=O)cc1. The first-order chi connectivity index (χ1) is 16.6. The molecule has 0 aliphatic carbocycles. The summed E-state index contributed by atoms with van der Waals surface area (Å²) in [7, 11) is 1.62. The van der Waals surface area contributed by atoms with Crippen LogP contribution < -0.4 is 4.74 Å². The average molecular weight is 485 g/mol. The lowest BCUT2D eigenvalue weighted by molar-refractivity contribution is -0.114. The number of methoxy groups -OCH3 is 1. The molecule has 0 bridgehead atoms. The zero-order chi connectivity index (χ0) is 23.2. The molecule has 6 rings (SSSR count). The van der Waals surface area contributed by atoms with E-state index >= 15 is 0 Å². The Hall–Kier alpha value is -4.02. The van der Waals surface area contributed by atoms with Crippen LogP contribution in [0.4, 0.5) is 0 Å². The van der Waals surface area contributed by atoms with E-state index in [1.54, 1.807) is 13.2 Å². The molecule has 0 atom stereocenters. The first-order valence-electron chi connectivity index (χ1n) is 10.3. The van der Waals surface area contributed by atoms with Crippen LogP contribution in [0.25, 0.3) is 22.3 Å². The van der Waals surface area contributed by atoms with Crippen LogP contribution in [0.15, 0.2) is 81.8 Å². The van der Waals surface area contributed by atoms with Gasteiger partial charge in [0.05, 0.1) is 24.1 Å². The van der Waals surface area contributed by atoms with Crippen LogP contribution in [-0.4, -0.2) is 43.5 Å². The molecule has 8 nitrogen and oxygen atoms in total. The Bertz CT molecular complexity index is 1550. The number of aliphatic imine (C=N–C) groups is 1. The number of carbonyl (C=O) groups is 1. The topological polar surface area (TPSA) is 95.4 Å². The van der Waals surface area contributed by atoms with Gasteiger partial charge in [-0.2, -0.15) is 15.1 Å². The third-order valence-electron chi connectivity index (χ3n) is 5.42. The minimum atomic E-state index is -0.473. The first-order valence-corrected chi connectivity index (χ1v) is 12.0. The minimum Gasteiger partial charge on any atom is -0.497 e. The number of nitrogens with zero attached hydrogens (tertiary/aromatic N) is 5. The van der Waals surface area contributed by atoms with Crippen molar-refractivity contribution in [1.82, 2.24) is 14.4 Å². The zero-order valence-corrected chi connectivity index (χ0v) is 19.4. The highest BCUT2D eigenvalue weighted by atomic mass is 32.2. The van der Waals surface area contributed by atoms with Crippen molar-refractivity contribution in [3.8, 4) is 17.0 Å². The molecule has 1 N–H and O–H groups in total. The number of thiazole rings is 1. The van der Waals surface area contributed by atoms with Gasteiger partial charge in [0.1, 0.15) is 10.8 Å². The van der Waals surface area contributed by atoms with Gasteiger partial charge < -0.3 is 4.74 Å². The molecule has 4 aromatic rings. The summed E-state index contributed by atoms with van der Waals surface area (Å²) in [5.74, 6) is 0.257. The van der Waals surface area contributed by atoms with Crippen LogP contribution in [0.2, 0.25) is 0 Å². The number of nitrogens with one attached hydrogen (secondary N) is 1. The van der Waals surface area contributed by atoms with Crippen molar-refractivity contribution in [1.29, 1.82) is 5.41 Å². The van der Waals surface area contributed by atoms with Gasteiger partial charge in [-0.15, -0.1) is 11.3 Å². The third kappa shape index (κ3) is 3.35. The van der Waals surface area contributed by atoms with E-state index in [0.717, 1.165) is 21.8 Å². The smallest absolute Gasteiger partial charge is 0.283 e. The van der Waals surface area contributed by atoms with Gasteiger partial charge in [-0.3, -0.25) is 14.6 Å². The highest BCUT2D eigenvalue weighted by Crippen LogP contribution is 2.33. The lowest BCUT2D eigenvalue weighted by atomic mass is 10.1. The molecule has 34 heavy (non-hydrogen) atoms. The molecule has 0 saturated carbocycles. The number of ether oxygens (including phenoxy) is 1. The zero-order valence-electron chi connectivity index (χ0n) is 17.8. The maximum absolute atomic E-state index is 13.0. The number of imidazole rings is 1. The second-order valence-electron chi connectivity index (χ2n) is 7.42. The van der Waals surface area contributed by atoms with E-state index in [2.05, 4.69) is 10.1 Å². The van der Waals surface area contributed by atoms with E-state index in [0.29, 0.717) is 21.6 Å². The molecule has 2 aliphatic rings. The summed E-state index contributed by atoms with van der Waals surface area (Å²) >= 11 is 2.78. The number of hydrazone groups is 1. The van der Waals surface area contributed by atoms with Crippen LogP contribution in [0.1, 0.15) is 11.3 Å². The van der Waals surface area contributed by atoms with Gasteiger partial charge in [0.2, 0.25) is 5.17 Å². The standard InChI is InChI=1S/C24H16N6O2S2/c1-32-16-9-7-14(8-10-16)19-18(29-11-12-33-23(29)26-19)13-17-20(25)30-24(27-21(17)31)34-22(28-30)15-5-3-2-4-6-15/h2-13,25H,1H3. The number of thioether (sulfide) groups is 1. The summed E-state index contributed by atoms with van der Waals surface area (Å²) in [4.78, 5) is 22.8. The van der Waals surface area contributed by atoms with E-state index in [4.69, 9.17) is 15.1 Å². The second kappa shape index (κ2) is 8.08. The molecule has 2 aromatic heterocycles. The third-order valence-corrected chi connectivity index (χ3v) is 7.13. The lowest BCUT2D eigenvalue weighted by Gasteiger charge is -2.20. The number of rotatable bonds is 4. The fraction of sp³-hybridized carbons (Fsp3) is 0.0417. The number of amides is 1. The Morgan fingerprint density at radius 2 is 1.85 bits per heavy atom. The average Bonchev–Trinajstić information content (AvgIpc) is 3.58. The van der Waals surface area contributed by atoms with Gasteiger partial charge in [-0.1, -0.05) is 30.3 Å². The summed E-state index contributed by atoms with van der Waals surface area (Å²) in [6, 6.07) is 17.2. The molecule has 0 fully saturated rings. The van der Waals surface area contributed by atoms with E-state index in [-0.39, 0.29) is 11.4 Å². The highest BCUT2D eigenvalue weighted by Gasteiger charge is 2.36. The number of benzene rings is 2. The van der Waals surface area contributed by atoms with Crippen LogP contribution in [0.3, 0.4) is 0 Å². The quantitative estimate of drug-likeness (QED) is 0.422. The van der Waals surface area contributed by atoms with E-state index < -0.39 is 5.91 Å². The predicted octanol–water partition coefficient (Wildman–Crippen LogP) is 4.74. The van der Waals surface area contributed by atoms with Crippen LogP contribution in [-0.2, 0) is 4.79 Å². The Labute approximate surface area is 202 Å². The van der Waals surface area contributed by atoms with E-state index in [1.807, 2.05) is 70.6 Å². The summed E-state index contributed by atoms with van der Waals surface area (Å²) < 4.78 is 7.18. The second-order valence-corrected chi connectivity index (χ2v) is 9.25. The molecule has 0 unspecified atom stereocenters. The Balaban J connectivity index is 1.43. The number of hydrogen-bond donors (Lipinski definition) is 1. The minimum absolute atomic E-state index is 0.0145. The van der Waals surface area contributed by atoms with E-state index in [1.165, 1.54) is 28.1 Å². The maximum Gasteiger partial charge on any atom is 0.283 e. The number of carbonyl (C=O) groups excluding carboxylic acids is 1. The lowest BCUT2D eigenvalue weighted by Crippen LogP contribution is -2.35. The van der Waals surface area contributed by atoms with Crippen molar-refractivity contribution in [3.63, 3.8) is 0 Å². The molecule has 4 heterocycles. The molecule has 0 radical (unpaired) electrons. The van der Waals surface area contributed by atoms with Crippen molar-refractivity contribution in [3.05, 3.63) is 83.0 Å². The van der Waals surface area contributed by atoms with Gasteiger partial charge in [0.25, 0.3) is 5.91 Å².